The van der Waals surface area contributed by atoms with Crippen LogP contribution >= 0.6 is 11.6 Å². The van der Waals surface area contributed by atoms with Gasteiger partial charge in [-0.25, -0.2) is 0 Å². The van der Waals surface area contributed by atoms with Crippen LogP contribution in [0.5, 0.6) is 0 Å². The molecule has 1 atom stereocenters. The molecule has 21 heavy (non-hydrogen) atoms. The number of nitrogens with one attached hydrogen (secondary N) is 1. The lowest BCUT2D eigenvalue weighted by molar-refractivity contribution is 0.192. The lowest BCUT2D eigenvalue weighted by Crippen LogP contribution is -2.21. The van der Waals surface area contributed by atoms with Crippen molar-refractivity contribution in [3.63, 3.8) is 0 Å². The number of hydrogen-bond acceptors (Lipinski definition) is 5. The van der Waals surface area contributed by atoms with Gasteiger partial charge in [0.15, 0.2) is 5.82 Å². The molecule has 5 nitrogen and oxygen atoms in total. The zero-order valence-electron chi connectivity index (χ0n) is 12.3. The minimum absolute atomic E-state index is 0.213. The summed E-state index contributed by atoms with van der Waals surface area (Å²) < 4.78 is 10.1. The van der Waals surface area contributed by atoms with Gasteiger partial charge in [-0.05, 0) is 24.1 Å². The van der Waals surface area contributed by atoms with E-state index in [4.69, 9.17) is 20.9 Å². The number of rotatable bonds is 8. The maximum Gasteiger partial charge on any atom is 0.229 e. The summed E-state index contributed by atoms with van der Waals surface area (Å²) in [4.78, 5) is 4.32. The third-order valence-corrected chi connectivity index (χ3v) is 3.43. The molecule has 0 amide bonds. The van der Waals surface area contributed by atoms with Crippen LogP contribution in [-0.4, -0.2) is 23.9 Å². The molecule has 1 aromatic carbocycles. The van der Waals surface area contributed by atoms with Crippen LogP contribution in [0.25, 0.3) is 0 Å². The zero-order valence-corrected chi connectivity index (χ0v) is 13.1. The van der Waals surface area contributed by atoms with Crippen molar-refractivity contribution in [2.24, 2.45) is 0 Å². The molecule has 0 aliphatic rings. The third kappa shape index (κ3) is 4.81. The zero-order chi connectivity index (χ0) is 15.1. The summed E-state index contributed by atoms with van der Waals surface area (Å²) in [5.41, 5.74) is 1.16. The highest BCUT2D eigenvalue weighted by Gasteiger charge is 2.11. The molecule has 0 fully saturated rings. The molecule has 0 radical (unpaired) electrons. The average Bonchev–Trinajstić information content (AvgIpc) is 2.94. The summed E-state index contributed by atoms with van der Waals surface area (Å²) in [6.45, 7) is 3.26. The predicted octanol–water partition coefficient (Wildman–Crippen LogP) is 3.15. The second-order valence-corrected chi connectivity index (χ2v) is 5.18. The van der Waals surface area contributed by atoms with Gasteiger partial charge >= 0.3 is 0 Å². The molecule has 0 bridgehead atoms. The molecule has 1 aromatic heterocycles. The standard InChI is InChI=1S/C15H20ClN3O2/c1-3-13(11-5-4-6-12(16)9-11)17-10-14-18-15(21-19-14)7-8-20-2/h4-6,9,13,17H,3,7-8,10H2,1-2H3. The number of hydrogen-bond donors (Lipinski definition) is 1. The fourth-order valence-electron chi connectivity index (χ4n) is 2.09. The molecular weight excluding hydrogens is 290 g/mol. The van der Waals surface area contributed by atoms with E-state index in [2.05, 4.69) is 28.4 Å². The van der Waals surface area contributed by atoms with Crippen molar-refractivity contribution in [3.8, 4) is 0 Å². The predicted molar refractivity (Wildman–Crippen MR) is 81.2 cm³/mol. The highest BCUT2D eigenvalue weighted by Crippen LogP contribution is 2.20. The molecule has 0 saturated heterocycles. The average molecular weight is 310 g/mol. The number of methoxy groups -OCH3 is 1. The summed E-state index contributed by atoms with van der Waals surface area (Å²) >= 11 is 6.04. The maximum atomic E-state index is 6.04. The molecule has 0 aliphatic heterocycles. The first-order valence-corrected chi connectivity index (χ1v) is 7.40. The van der Waals surface area contributed by atoms with E-state index < -0.39 is 0 Å². The highest BCUT2D eigenvalue weighted by molar-refractivity contribution is 6.30. The monoisotopic (exact) mass is 309 g/mol. The lowest BCUT2D eigenvalue weighted by atomic mass is 10.0. The molecule has 0 saturated carbocycles. The number of nitrogens with zero attached hydrogens (tertiary/aromatic N) is 2. The first-order valence-electron chi connectivity index (χ1n) is 7.02. The van der Waals surface area contributed by atoms with Crippen LogP contribution in [-0.2, 0) is 17.7 Å². The van der Waals surface area contributed by atoms with E-state index in [9.17, 15) is 0 Å². The maximum absolute atomic E-state index is 6.04. The van der Waals surface area contributed by atoms with Gasteiger partial charge in [-0.1, -0.05) is 35.8 Å². The van der Waals surface area contributed by atoms with E-state index in [1.807, 2.05) is 18.2 Å². The molecule has 1 unspecified atom stereocenters. The number of halogens is 1. The minimum atomic E-state index is 0.213. The quantitative estimate of drug-likeness (QED) is 0.811. The second kappa shape index (κ2) is 8.12. The van der Waals surface area contributed by atoms with Gasteiger partial charge in [0.2, 0.25) is 5.89 Å². The van der Waals surface area contributed by atoms with Gasteiger partial charge in [0, 0.05) is 18.2 Å². The smallest absolute Gasteiger partial charge is 0.229 e. The van der Waals surface area contributed by atoms with Crippen LogP contribution in [0.3, 0.4) is 0 Å². The summed E-state index contributed by atoms with van der Waals surface area (Å²) in [5.74, 6) is 1.26. The van der Waals surface area contributed by atoms with E-state index in [0.717, 1.165) is 17.0 Å². The van der Waals surface area contributed by atoms with Gasteiger partial charge in [0.25, 0.3) is 0 Å². The summed E-state index contributed by atoms with van der Waals surface area (Å²) in [6.07, 6.45) is 1.59. The number of benzene rings is 1. The Labute approximate surface area is 129 Å². The third-order valence-electron chi connectivity index (χ3n) is 3.20. The highest BCUT2D eigenvalue weighted by atomic mass is 35.5. The number of aromatic nitrogens is 2. The molecular formula is C15H20ClN3O2. The molecule has 1 heterocycles. The van der Waals surface area contributed by atoms with Crippen molar-refractivity contribution in [3.05, 3.63) is 46.6 Å². The fourth-order valence-corrected chi connectivity index (χ4v) is 2.29. The van der Waals surface area contributed by atoms with Crippen molar-refractivity contribution in [1.29, 1.82) is 0 Å². The molecule has 0 spiro atoms. The summed E-state index contributed by atoms with van der Waals surface area (Å²) in [5, 5.41) is 8.12. The normalized spacial score (nSPS) is 12.5. The minimum Gasteiger partial charge on any atom is -0.384 e. The van der Waals surface area contributed by atoms with E-state index in [-0.39, 0.29) is 6.04 Å². The van der Waals surface area contributed by atoms with Crippen molar-refractivity contribution in [1.82, 2.24) is 15.5 Å². The molecule has 2 rings (SSSR count). The SMILES string of the molecule is CCC(NCc1noc(CCOC)n1)c1cccc(Cl)c1. The van der Waals surface area contributed by atoms with Crippen LogP contribution in [0.2, 0.25) is 5.02 Å². The Morgan fingerprint density at radius 1 is 1.43 bits per heavy atom. The van der Waals surface area contributed by atoms with Gasteiger partial charge in [-0.2, -0.15) is 4.98 Å². The Balaban J connectivity index is 1.92. The van der Waals surface area contributed by atoms with Gasteiger partial charge in [-0.15, -0.1) is 0 Å². The Bertz CT molecular complexity index is 559. The van der Waals surface area contributed by atoms with Crippen LogP contribution in [0.4, 0.5) is 0 Å². The fraction of sp³-hybridized carbons (Fsp3) is 0.467. The van der Waals surface area contributed by atoms with Crippen molar-refractivity contribution in [2.75, 3.05) is 13.7 Å². The van der Waals surface area contributed by atoms with Crippen LogP contribution in [0.15, 0.2) is 28.8 Å². The van der Waals surface area contributed by atoms with Crippen molar-refractivity contribution in [2.45, 2.75) is 32.4 Å². The van der Waals surface area contributed by atoms with Gasteiger partial charge in [0.05, 0.1) is 19.6 Å². The Morgan fingerprint density at radius 3 is 3.00 bits per heavy atom. The van der Waals surface area contributed by atoms with Gasteiger partial charge in [-0.3, -0.25) is 0 Å². The van der Waals surface area contributed by atoms with E-state index >= 15 is 0 Å². The van der Waals surface area contributed by atoms with E-state index in [1.54, 1.807) is 7.11 Å². The van der Waals surface area contributed by atoms with Crippen molar-refractivity contribution < 1.29 is 9.26 Å². The summed E-state index contributed by atoms with van der Waals surface area (Å²) in [7, 11) is 1.65. The van der Waals surface area contributed by atoms with Gasteiger partial charge < -0.3 is 14.6 Å². The Hall–Kier alpha value is -1.43. The topological polar surface area (TPSA) is 60.2 Å². The molecule has 1 N–H and O–H groups in total. The van der Waals surface area contributed by atoms with E-state index in [1.165, 1.54) is 0 Å². The largest absolute Gasteiger partial charge is 0.384 e. The molecule has 2 aromatic rings. The van der Waals surface area contributed by atoms with Crippen LogP contribution in [0, 0.1) is 0 Å². The molecule has 6 heteroatoms. The number of ether oxygens (including phenoxy) is 1. The first kappa shape index (κ1) is 15.9. The van der Waals surface area contributed by atoms with Crippen LogP contribution < -0.4 is 5.32 Å². The lowest BCUT2D eigenvalue weighted by Gasteiger charge is -2.16. The molecule has 0 aliphatic carbocycles. The first-order chi connectivity index (χ1) is 10.2. The van der Waals surface area contributed by atoms with Crippen molar-refractivity contribution >= 4 is 11.6 Å². The summed E-state index contributed by atoms with van der Waals surface area (Å²) in [6, 6.07) is 8.08. The Kier molecular flexibility index (Phi) is 6.17. The Morgan fingerprint density at radius 2 is 2.29 bits per heavy atom. The van der Waals surface area contributed by atoms with Crippen LogP contribution in [0.1, 0.15) is 36.7 Å². The second-order valence-electron chi connectivity index (χ2n) is 4.74. The van der Waals surface area contributed by atoms with E-state index in [0.29, 0.717) is 31.3 Å². The molecule has 114 valence electrons. The van der Waals surface area contributed by atoms with Gasteiger partial charge in [0.1, 0.15) is 0 Å².